The van der Waals surface area contributed by atoms with Gasteiger partial charge in [-0.2, -0.15) is 0 Å². The Morgan fingerprint density at radius 1 is 1.16 bits per heavy atom. The quantitative estimate of drug-likeness (QED) is 0.765. The van der Waals surface area contributed by atoms with E-state index in [9.17, 15) is 5.11 Å². The van der Waals surface area contributed by atoms with Crippen molar-refractivity contribution in [3.63, 3.8) is 0 Å². The van der Waals surface area contributed by atoms with Crippen molar-refractivity contribution >= 4 is 0 Å². The van der Waals surface area contributed by atoms with E-state index in [-0.39, 0.29) is 6.10 Å². The molecule has 0 spiro atoms. The van der Waals surface area contributed by atoms with Crippen LogP contribution in [0.25, 0.3) is 0 Å². The van der Waals surface area contributed by atoms with Crippen molar-refractivity contribution in [1.82, 2.24) is 0 Å². The van der Waals surface area contributed by atoms with Crippen LogP contribution in [0.3, 0.4) is 0 Å². The molecule has 0 saturated carbocycles. The number of benzene rings is 1. The van der Waals surface area contributed by atoms with Gasteiger partial charge in [-0.25, -0.2) is 0 Å². The molecule has 1 aromatic carbocycles. The maximum atomic E-state index is 10.5. The molecule has 0 heterocycles. The maximum absolute atomic E-state index is 10.5. The Balaban J connectivity index is 2.78. The van der Waals surface area contributed by atoms with Gasteiger partial charge >= 0.3 is 0 Å². The number of hydrogen-bond acceptors (Lipinski definition) is 2. The lowest BCUT2D eigenvalue weighted by Crippen LogP contribution is -2.23. The molecule has 1 aromatic rings. The number of aryl methyl sites for hydroxylation is 1. The Morgan fingerprint density at radius 3 is 2.32 bits per heavy atom. The van der Waals surface area contributed by atoms with Gasteiger partial charge in [-0.05, 0) is 37.3 Å². The van der Waals surface area contributed by atoms with E-state index in [2.05, 4.69) is 26.8 Å². The molecule has 0 aromatic heterocycles. The summed E-state index contributed by atoms with van der Waals surface area (Å²) in [6.45, 7) is 6.44. The Hall–Kier alpha value is -1.02. The second-order valence-corrected chi connectivity index (χ2v) is 5.42. The zero-order valence-corrected chi connectivity index (χ0v) is 12.8. The lowest BCUT2D eigenvalue weighted by Gasteiger charge is -2.23. The van der Waals surface area contributed by atoms with Gasteiger partial charge in [0.05, 0.1) is 13.2 Å². The van der Waals surface area contributed by atoms with Crippen LogP contribution < -0.4 is 4.74 Å². The number of hydrogen-bond donors (Lipinski definition) is 1. The predicted octanol–water partition coefficient (Wildman–Crippen LogP) is 4.12. The van der Waals surface area contributed by atoms with E-state index >= 15 is 0 Å². The molecule has 2 nitrogen and oxygen atoms in total. The zero-order chi connectivity index (χ0) is 14.3. The van der Waals surface area contributed by atoms with Gasteiger partial charge in [-0.3, -0.25) is 0 Å². The summed E-state index contributed by atoms with van der Waals surface area (Å²) in [4.78, 5) is 0. The Bertz CT molecular complexity index is 368. The molecule has 1 unspecified atom stereocenters. The van der Waals surface area contributed by atoms with Crippen LogP contribution in [0.4, 0.5) is 0 Å². The molecule has 19 heavy (non-hydrogen) atoms. The summed E-state index contributed by atoms with van der Waals surface area (Å²) in [6.07, 6.45) is 4.89. The lowest BCUT2D eigenvalue weighted by molar-refractivity contribution is 0.0957. The second kappa shape index (κ2) is 8.21. The fourth-order valence-electron chi connectivity index (χ4n) is 2.73. The fourth-order valence-corrected chi connectivity index (χ4v) is 2.73. The summed E-state index contributed by atoms with van der Waals surface area (Å²) in [6, 6.07) is 6.16. The molecule has 1 N–H and O–H groups in total. The van der Waals surface area contributed by atoms with Gasteiger partial charge in [0.2, 0.25) is 0 Å². The van der Waals surface area contributed by atoms with E-state index in [0.29, 0.717) is 12.3 Å². The summed E-state index contributed by atoms with van der Waals surface area (Å²) >= 11 is 0. The van der Waals surface area contributed by atoms with Crippen LogP contribution in [-0.4, -0.2) is 18.3 Å². The van der Waals surface area contributed by atoms with Crippen LogP contribution in [0.5, 0.6) is 5.75 Å². The highest BCUT2D eigenvalue weighted by atomic mass is 16.5. The summed E-state index contributed by atoms with van der Waals surface area (Å²) in [5.74, 6) is 1.29. The van der Waals surface area contributed by atoms with Crippen molar-refractivity contribution in [1.29, 1.82) is 0 Å². The number of ether oxygens (including phenoxy) is 1. The van der Waals surface area contributed by atoms with Crippen LogP contribution in [0.2, 0.25) is 0 Å². The van der Waals surface area contributed by atoms with Gasteiger partial charge in [0, 0.05) is 6.42 Å². The lowest BCUT2D eigenvalue weighted by atomic mass is 9.88. The second-order valence-electron chi connectivity index (χ2n) is 5.42. The fraction of sp³-hybridized carbons (Fsp3) is 0.647. The molecule has 0 bridgehead atoms. The highest BCUT2D eigenvalue weighted by Gasteiger charge is 2.19. The van der Waals surface area contributed by atoms with Crippen molar-refractivity contribution in [2.45, 2.75) is 59.0 Å². The van der Waals surface area contributed by atoms with Gasteiger partial charge in [0.25, 0.3) is 0 Å². The van der Waals surface area contributed by atoms with E-state index < -0.39 is 0 Å². The van der Waals surface area contributed by atoms with Crippen LogP contribution in [-0.2, 0) is 6.42 Å². The van der Waals surface area contributed by atoms with Crippen LogP contribution in [0, 0.1) is 12.8 Å². The molecular weight excluding hydrogens is 236 g/mol. The topological polar surface area (TPSA) is 29.5 Å². The predicted molar refractivity (Wildman–Crippen MR) is 80.7 cm³/mol. The van der Waals surface area contributed by atoms with Crippen molar-refractivity contribution in [3.05, 3.63) is 29.3 Å². The molecule has 0 aliphatic rings. The van der Waals surface area contributed by atoms with E-state index in [4.69, 9.17) is 4.74 Å². The molecule has 108 valence electrons. The number of aliphatic hydroxyl groups excluding tert-OH is 1. The van der Waals surface area contributed by atoms with E-state index in [1.165, 1.54) is 5.56 Å². The van der Waals surface area contributed by atoms with Crippen molar-refractivity contribution < 1.29 is 9.84 Å². The Labute approximate surface area is 117 Å². The molecule has 1 atom stereocenters. The first-order valence-electron chi connectivity index (χ1n) is 7.43. The number of rotatable bonds is 8. The molecule has 0 saturated heterocycles. The van der Waals surface area contributed by atoms with E-state index in [1.54, 1.807) is 7.11 Å². The van der Waals surface area contributed by atoms with Gasteiger partial charge in [0.1, 0.15) is 5.75 Å². The SMILES string of the molecule is CCCC(CCC)C(O)Cc1cc(C)ccc1OC. The third-order valence-corrected chi connectivity index (χ3v) is 3.73. The van der Waals surface area contributed by atoms with Crippen molar-refractivity contribution in [2.75, 3.05) is 7.11 Å². The van der Waals surface area contributed by atoms with Gasteiger partial charge < -0.3 is 9.84 Å². The average molecular weight is 264 g/mol. The van der Waals surface area contributed by atoms with Crippen molar-refractivity contribution in [2.24, 2.45) is 5.92 Å². The normalized spacial score (nSPS) is 12.7. The molecule has 0 radical (unpaired) electrons. The molecule has 2 heteroatoms. The first kappa shape index (κ1) is 16.0. The third kappa shape index (κ3) is 4.87. The Kier molecular flexibility index (Phi) is 6.93. The highest BCUT2D eigenvalue weighted by molar-refractivity contribution is 5.37. The van der Waals surface area contributed by atoms with Crippen LogP contribution >= 0.6 is 0 Å². The number of aliphatic hydroxyl groups is 1. The van der Waals surface area contributed by atoms with Crippen LogP contribution in [0.15, 0.2) is 18.2 Å². The molecule has 0 aliphatic heterocycles. The first-order valence-corrected chi connectivity index (χ1v) is 7.43. The largest absolute Gasteiger partial charge is 0.496 e. The maximum Gasteiger partial charge on any atom is 0.122 e. The first-order chi connectivity index (χ1) is 9.12. The summed E-state index contributed by atoms with van der Waals surface area (Å²) in [5, 5.41) is 10.5. The minimum Gasteiger partial charge on any atom is -0.496 e. The highest BCUT2D eigenvalue weighted by Crippen LogP contribution is 2.26. The molecule has 0 amide bonds. The average Bonchev–Trinajstić information content (AvgIpc) is 2.38. The van der Waals surface area contributed by atoms with Crippen molar-refractivity contribution in [3.8, 4) is 5.75 Å². The minimum atomic E-state index is -0.268. The van der Waals surface area contributed by atoms with E-state index in [1.807, 2.05) is 12.1 Å². The standard InChI is InChI=1S/C17H28O2/c1-5-7-14(8-6-2)16(18)12-15-11-13(3)9-10-17(15)19-4/h9-11,14,16,18H,5-8,12H2,1-4H3. The van der Waals surface area contributed by atoms with E-state index in [0.717, 1.165) is 37.0 Å². The molecular formula is C17H28O2. The monoisotopic (exact) mass is 264 g/mol. The molecule has 0 aliphatic carbocycles. The molecule has 1 rings (SSSR count). The Morgan fingerprint density at radius 2 is 1.79 bits per heavy atom. The van der Waals surface area contributed by atoms with Gasteiger partial charge in [0.15, 0.2) is 0 Å². The number of methoxy groups -OCH3 is 1. The van der Waals surface area contributed by atoms with Gasteiger partial charge in [-0.1, -0.05) is 44.4 Å². The minimum absolute atomic E-state index is 0.268. The summed E-state index contributed by atoms with van der Waals surface area (Å²) < 4.78 is 5.39. The zero-order valence-electron chi connectivity index (χ0n) is 12.8. The van der Waals surface area contributed by atoms with Crippen LogP contribution in [0.1, 0.15) is 50.7 Å². The summed E-state index contributed by atoms with van der Waals surface area (Å²) in [5.41, 5.74) is 2.33. The smallest absolute Gasteiger partial charge is 0.122 e. The summed E-state index contributed by atoms with van der Waals surface area (Å²) in [7, 11) is 1.69. The molecule has 0 fully saturated rings. The third-order valence-electron chi connectivity index (χ3n) is 3.73. The van der Waals surface area contributed by atoms with Gasteiger partial charge in [-0.15, -0.1) is 0 Å².